The zero-order valence-corrected chi connectivity index (χ0v) is 19.0. The number of benzene rings is 2. The maximum Gasteiger partial charge on any atom is 0.289 e. The Kier molecular flexibility index (Phi) is 5.89. The van der Waals surface area contributed by atoms with Gasteiger partial charge >= 0.3 is 0 Å². The standard InChI is InChI=1S/C26H29FN4O2/c1-3-31(26(32)25-29-21-12-11-17(27)13-22(21)30-25)19-8-6-7-18(14-19)28-15-24-16(2)20-9-4-5-10-23(20)33-24/h4-5,9-13,18-19,28H,3,6-8,14-15H2,1-2H3,(H,29,30)/t18-,19?/m1/s1. The number of carbonyl (C=O) groups excluding carboxylic acids is 1. The number of aromatic nitrogens is 2. The summed E-state index contributed by atoms with van der Waals surface area (Å²) < 4.78 is 19.6. The molecular formula is C26H29FN4O2. The van der Waals surface area contributed by atoms with E-state index in [1.165, 1.54) is 17.7 Å². The number of nitrogens with zero attached hydrogens (tertiary/aromatic N) is 2. The molecule has 4 aromatic rings. The number of aryl methyl sites for hydroxylation is 1. The van der Waals surface area contributed by atoms with Crippen molar-refractivity contribution in [2.75, 3.05) is 6.54 Å². The minimum absolute atomic E-state index is 0.132. The van der Waals surface area contributed by atoms with E-state index in [0.29, 0.717) is 30.2 Å². The van der Waals surface area contributed by atoms with Gasteiger partial charge in [-0.15, -0.1) is 0 Å². The molecule has 0 spiro atoms. The van der Waals surface area contributed by atoms with Gasteiger partial charge in [-0.1, -0.05) is 18.2 Å². The van der Waals surface area contributed by atoms with E-state index in [1.54, 1.807) is 6.07 Å². The summed E-state index contributed by atoms with van der Waals surface area (Å²) in [5.74, 6) is 0.746. The molecule has 5 rings (SSSR count). The Balaban J connectivity index is 1.27. The molecule has 2 atom stereocenters. The Bertz CT molecular complexity index is 1290. The van der Waals surface area contributed by atoms with Crippen molar-refractivity contribution in [3.8, 4) is 0 Å². The van der Waals surface area contributed by atoms with Crippen LogP contribution < -0.4 is 5.32 Å². The molecule has 33 heavy (non-hydrogen) atoms. The van der Waals surface area contributed by atoms with E-state index < -0.39 is 0 Å². The summed E-state index contributed by atoms with van der Waals surface area (Å²) in [6.07, 6.45) is 3.98. The van der Waals surface area contributed by atoms with Crippen molar-refractivity contribution in [1.82, 2.24) is 20.2 Å². The Morgan fingerprint density at radius 2 is 2.12 bits per heavy atom. The van der Waals surface area contributed by atoms with Crippen LogP contribution in [0.15, 0.2) is 46.9 Å². The molecular weight excluding hydrogens is 419 g/mol. The largest absolute Gasteiger partial charge is 0.459 e. The first-order valence-corrected chi connectivity index (χ1v) is 11.7. The quantitative estimate of drug-likeness (QED) is 0.419. The number of aromatic amines is 1. The lowest BCUT2D eigenvalue weighted by Gasteiger charge is -2.37. The molecule has 7 heteroatoms. The number of fused-ring (bicyclic) bond motifs is 2. The van der Waals surface area contributed by atoms with E-state index in [-0.39, 0.29) is 23.6 Å². The van der Waals surface area contributed by atoms with Crippen molar-refractivity contribution in [3.63, 3.8) is 0 Å². The summed E-state index contributed by atoms with van der Waals surface area (Å²) in [5.41, 5.74) is 3.23. The third-order valence-electron chi connectivity index (χ3n) is 6.83. The van der Waals surface area contributed by atoms with Crippen molar-refractivity contribution in [3.05, 3.63) is 65.4 Å². The van der Waals surface area contributed by atoms with Crippen molar-refractivity contribution in [1.29, 1.82) is 0 Å². The van der Waals surface area contributed by atoms with Crippen LogP contribution in [-0.2, 0) is 6.54 Å². The van der Waals surface area contributed by atoms with Gasteiger partial charge in [-0.3, -0.25) is 4.79 Å². The summed E-state index contributed by atoms with van der Waals surface area (Å²) >= 11 is 0. The molecule has 172 valence electrons. The van der Waals surface area contributed by atoms with Gasteiger partial charge in [0.1, 0.15) is 17.2 Å². The zero-order valence-electron chi connectivity index (χ0n) is 19.0. The minimum Gasteiger partial charge on any atom is -0.459 e. The Morgan fingerprint density at radius 1 is 1.27 bits per heavy atom. The Morgan fingerprint density at radius 3 is 2.94 bits per heavy atom. The number of furan rings is 1. The van der Waals surface area contributed by atoms with Crippen LogP contribution in [0.1, 0.15) is 54.5 Å². The molecule has 0 aliphatic heterocycles. The van der Waals surface area contributed by atoms with Gasteiger partial charge in [0.25, 0.3) is 5.91 Å². The number of rotatable bonds is 6. The van der Waals surface area contributed by atoms with Crippen LogP contribution in [0.5, 0.6) is 0 Å². The van der Waals surface area contributed by atoms with Crippen molar-refractivity contribution in [2.24, 2.45) is 0 Å². The predicted octanol–water partition coefficient (Wildman–Crippen LogP) is 5.32. The number of hydrogen-bond acceptors (Lipinski definition) is 4. The normalized spacial score (nSPS) is 18.8. The average molecular weight is 449 g/mol. The van der Waals surface area contributed by atoms with E-state index in [4.69, 9.17) is 4.42 Å². The molecule has 1 amide bonds. The molecule has 2 aromatic heterocycles. The number of halogens is 1. The number of nitrogens with one attached hydrogen (secondary N) is 2. The topological polar surface area (TPSA) is 74.2 Å². The first kappa shape index (κ1) is 21.6. The fraction of sp³-hybridized carbons (Fsp3) is 0.385. The van der Waals surface area contributed by atoms with Crippen molar-refractivity contribution < 1.29 is 13.6 Å². The van der Waals surface area contributed by atoms with Gasteiger partial charge in [0.2, 0.25) is 0 Å². The molecule has 2 N–H and O–H groups in total. The van der Waals surface area contributed by atoms with E-state index in [1.807, 2.05) is 30.0 Å². The first-order chi connectivity index (χ1) is 16.0. The molecule has 2 heterocycles. The van der Waals surface area contributed by atoms with E-state index in [2.05, 4.69) is 28.3 Å². The molecule has 1 aliphatic rings. The van der Waals surface area contributed by atoms with Gasteiger partial charge in [0, 0.05) is 30.1 Å². The second kappa shape index (κ2) is 8.98. The average Bonchev–Trinajstić information content (AvgIpc) is 3.39. The van der Waals surface area contributed by atoms with Crippen molar-refractivity contribution in [2.45, 2.75) is 58.2 Å². The van der Waals surface area contributed by atoms with Crippen LogP contribution in [0.2, 0.25) is 0 Å². The summed E-state index contributed by atoms with van der Waals surface area (Å²) in [4.78, 5) is 22.6. The van der Waals surface area contributed by atoms with Crippen LogP contribution in [0.4, 0.5) is 4.39 Å². The second-order valence-electron chi connectivity index (χ2n) is 8.88. The van der Waals surface area contributed by atoms with E-state index >= 15 is 0 Å². The third-order valence-corrected chi connectivity index (χ3v) is 6.83. The lowest BCUT2D eigenvalue weighted by molar-refractivity contribution is 0.0616. The summed E-state index contributed by atoms with van der Waals surface area (Å²) in [7, 11) is 0. The molecule has 6 nitrogen and oxygen atoms in total. The van der Waals surface area contributed by atoms with Gasteiger partial charge in [-0.25, -0.2) is 9.37 Å². The van der Waals surface area contributed by atoms with Crippen LogP contribution in [-0.4, -0.2) is 39.4 Å². The highest BCUT2D eigenvalue weighted by Gasteiger charge is 2.30. The van der Waals surface area contributed by atoms with Crippen LogP contribution in [0.3, 0.4) is 0 Å². The van der Waals surface area contributed by atoms with Gasteiger partial charge in [0.15, 0.2) is 5.82 Å². The van der Waals surface area contributed by atoms with Gasteiger partial charge < -0.3 is 19.6 Å². The van der Waals surface area contributed by atoms with Crippen molar-refractivity contribution >= 4 is 27.9 Å². The Labute approximate surface area is 192 Å². The molecule has 1 aliphatic carbocycles. The smallest absolute Gasteiger partial charge is 0.289 e. The Hall–Kier alpha value is -3.19. The highest BCUT2D eigenvalue weighted by molar-refractivity contribution is 5.94. The number of H-pyrrole nitrogens is 1. The fourth-order valence-corrected chi connectivity index (χ4v) is 5.05. The number of carbonyl (C=O) groups is 1. The number of hydrogen-bond donors (Lipinski definition) is 2. The van der Waals surface area contributed by atoms with Crippen LogP contribution in [0, 0.1) is 12.7 Å². The summed E-state index contributed by atoms with van der Waals surface area (Å²) in [5, 5.41) is 4.81. The number of amides is 1. The summed E-state index contributed by atoms with van der Waals surface area (Å²) in [6.45, 7) is 5.37. The molecule has 1 saturated carbocycles. The lowest BCUT2D eigenvalue weighted by Crippen LogP contribution is -2.47. The van der Waals surface area contributed by atoms with Crippen LogP contribution >= 0.6 is 0 Å². The third kappa shape index (κ3) is 4.25. The first-order valence-electron chi connectivity index (χ1n) is 11.7. The molecule has 0 saturated heterocycles. The van der Waals surface area contributed by atoms with E-state index in [0.717, 1.165) is 42.4 Å². The maximum atomic E-state index is 13.5. The lowest BCUT2D eigenvalue weighted by atomic mass is 9.89. The molecule has 0 radical (unpaired) electrons. The zero-order chi connectivity index (χ0) is 22.9. The highest BCUT2D eigenvalue weighted by Crippen LogP contribution is 2.27. The van der Waals surface area contributed by atoms with E-state index in [9.17, 15) is 9.18 Å². The monoisotopic (exact) mass is 448 g/mol. The van der Waals surface area contributed by atoms with Gasteiger partial charge in [0.05, 0.1) is 17.6 Å². The highest BCUT2D eigenvalue weighted by atomic mass is 19.1. The summed E-state index contributed by atoms with van der Waals surface area (Å²) in [6, 6.07) is 12.9. The number of imidazole rings is 1. The van der Waals surface area contributed by atoms with Gasteiger partial charge in [-0.2, -0.15) is 0 Å². The van der Waals surface area contributed by atoms with Crippen LogP contribution in [0.25, 0.3) is 22.0 Å². The molecule has 2 aromatic carbocycles. The molecule has 1 fully saturated rings. The minimum atomic E-state index is -0.360. The van der Waals surface area contributed by atoms with Gasteiger partial charge in [-0.05, 0) is 63.3 Å². The number of para-hydroxylation sites is 1. The fourth-order valence-electron chi connectivity index (χ4n) is 5.05. The predicted molar refractivity (Wildman–Crippen MR) is 127 cm³/mol. The maximum absolute atomic E-state index is 13.5. The molecule has 0 bridgehead atoms. The molecule has 1 unspecified atom stereocenters. The SMILES string of the molecule is CCN(C(=O)c1nc2cc(F)ccc2[nH]1)C1CCC[C@@H](NCc2oc3ccccc3c2C)C1. The second-order valence-corrected chi connectivity index (χ2v) is 8.88.